The number of aromatic nitrogens is 2. The number of nitrogens with zero attached hydrogens (tertiary/aromatic N) is 4. The fourth-order valence-corrected chi connectivity index (χ4v) is 7.46. The fourth-order valence-electron chi connectivity index (χ4n) is 7.46. The molecule has 3 aromatic carbocycles. The standard InChI is InChI=1S/C47H59N11O7/c1-27(2)22-30-6-9-32(10-7-30)42-53-26-36(28(3)54-42)44(60)56-37(14-15-48)47(63)58(5)41-33-11-13-40(65-21-18-51)35(25-33)34-23-31(8-12-39(34)64-20-17-50)24-38(45(61)52-19-16-49)57-43(59)29(4)55-46(41)62/h6-13,23,25-27,29,37-38,41H,14-15,17-22,24,48,50-51H2,1-5H3,(H,52,61)(H,55,62)(H,56,60)(H,57,59)/t29-,37-,38-,41-/m0/s1. The van der Waals surface area contributed by atoms with Crippen LogP contribution in [0.3, 0.4) is 0 Å². The number of amides is 5. The van der Waals surface area contributed by atoms with Crippen LogP contribution >= 0.6 is 0 Å². The Morgan fingerprint density at radius 3 is 2.20 bits per heavy atom. The number of likely N-dealkylation sites (N-methyl/N-ethyl adjacent to an activating group) is 1. The first-order valence-corrected chi connectivity index (χ1v) is 21.6. The second-order valence-corrected chi connectivity index (χ2v) is 16.2. The van der Waals surface area contributed by atoms with Crippen LogP contribution in [0.1, 0.15) is 66.0 Å². The van der Waals surface area contributed by atoms with Crippen molar-refractivity contribution >= 4 is 29.5 Å². The number of benzene rings is 3. The van der Waals surface area contributed by atoms with Crippen LogP contribution in [-0.2, 0) is 32.0 Å². The Kier molecular flexibility index (Phi) is 17.5. The summed E-state index contributed by atoms with van der Waals surface area (Å²) >= 11 is 0. The smallest absolute Gasteiger partial charge is 0.255 e. The molecule has 0 spiro atoms. The zero-order valence-electron chi connectivity index (χ0n) is 37.5. The second-order valence-electron chi connectivity index (χ2n) is 16.2. The summed E-state index contributed by atoms with van der Waals surface area (Å²) in [5.74, 6) is -1.64. The Hall–Kier alpha value is -6.94. The molecule has 1 aliphatic rings. The van der Waals surface area contributed by atoms with Crippen molar-refractivity contribution in [3.63, 3.8) is 0 Å². The molecule has 4 atom stereocenters. The van der Waals surface area contributed by atoms with Crippen LogP contribution in [-0.4, -0.2) is 109 Å². The van der Waals surface area contributed by atoms with Gasteiger partial charge in [0.15, 0.2) is 5.82 Å². The molecule has 4 aromatic rings. The summed E-state index contributed by atoms with van der Waals surface area (Å²) in [6.45, 7) is 7.80. The molecule has 4 bridgehead atoms. The minimum absolute atomic E-state index is 0.00216. The van der Waals surface area contributed by atoms with Crippen LogP contribution < -0.4 is 47.9 Å². The van der Waals surface area contributed by atoms with Gasteiger partial charge in [-0.15, -0.1) is 0 Å². The molecule has 5 rings (SSSR count). The Morgan fingerprint density at radius 1 is 0.923 bits per heavy atom. The van der Waals surface area contributed by atoms with Crippen LogP contribution in [0.15, 0.2) is 66.9 Å². The van der Waals surface area contributed by atoms with Crippen LogP contribution in [0.5, 0.6) is 11.5 Å². The zero-order valence-corrected chi connectivity index (χ0v) is 37.5. The van der Waals surface area contributed by atoms with Gasteiger partial charge in [-0.1, -0.05) is 50.2 Å². The van der Waals surface area contributed by atoms with Gasteiger partial charge in [0.2, 0.25) is 23.6 Å². The lowest BCUT2D eigenvalue weighted by Crippen LogP contribution is -2.56. The number of hydrogen-bond donors (Lipinski definition) is 7. The molecule has 0 saturated heterocycles. The highest BCUT2D eigenvalue weighted by molar-refractivity contribution is 6.00. The number of rotatable bonds is 17. The number of carbonyl (C=O) groups is 5. The van der Waals surface area contributed by atoms with Crippen molar-refractivity contribution in [2.45, 2.75) is 71.1 Å². The van der Waals surface area contributed by atoms with Crippen molar-refractivity contribution in [1.82, 2.24) is 36.1 Å². The minimum atomic E-state index is -1.40. The van der Waals surface area contributed by atoms with Gasteiger partial charge in [0.05, 0.1) is 17.3 Å². The fraction of sp³-hybridized carbons (Fsp3) is 0.404. The van der Waals surface area contributed by atoms with E-state index < -0.39 is 53.7 Å². The van der Waals surface area contributed by atoms with Gasteiger partial charge in [0.25, 0.3) is 5.91 Å². The monoisotopic (exact) mass is 889 g/mol. The topological polar surface area (TPSA) is 283 Å². The van der Waals surface area contributed by atoms with E-state index >= 15 is 0 Å². The molecule has 0 radical (unpaired) electrons. The highest BCUT2D eigenvalue weighted by atomic mass is 16.5. The van der Waals surface area contributed by atoms with E-state index in [1.54, 1.807) is 43.3 Å². The lowest BCUT2D eigenvalue weighted by molar-refractivity contribution is -0.141. The highest BCUT2D eigenvalue weighted by Gasteiger charge is 2.36. The first-order valence-electron chi connectivity index (χ1n) is 21.6. The Morgan fingerprint density at radius 2 is 1.58 bits per heavy atom. The molecule has 18 nitrogen and oxygen atoms in total. The van der Waals surface area contributed by atoms with Crippen molar-refractivity contribution in [2.24, 2.45) is 23.1 Å². The number of aryl methyl sites for hydroxylation is 1. The van der Waals surface area contributed by atoms with Crippen molar-refractivity contribution in [3.8, 4) is 40.1 Å². The third-order valence-corrected chi connectivity index (χ3v) is 10.7. The van der Waals surface area contributed by atoms with E-state index in [9.17, 15) is 24.0 Å². The van der Waals surface area contributed by atoms with E-state index in [0.29, 0.717) is 51.2 Å². The Labute approximate surface area is 379 Å². The summed E-state index contributed by atoms with van der Waals surface area (Å²) in [4.78, 5) is 80.4. The summed E-state index contributed by atoms with van der Waals surface area (Å²) in [5, 5.41) is 19.9. The normalized spacial score (nSPS) is 16.5. The van der Waals surface area contributed by atoms with E-state index in [0.717, 1.165) is 12.0 Å². The third-order valence-electron chi connectivity index (χ3n) is 10.7. The zero-order chi connectivity index (χ0) is 47.2. The van der Waals surface area contributed by atoms with Crippen LogP contribution in [0, 0.1) is 24.2 Å². The van der Waals surface area contributed by atoms with Gasteiger partial charge < -0.3 is 52.8 Å². The molecule has 0 fully saturated rings. The SMILES string of the molecule is Cc1nc(-c2ccc(CC(C)C)cc2)ncc1C(=O)N[C@@H](CCN)C(=O)N(C)[C@@H]1C(=O)N[C@@H](C)C(=O)N[C@H](C(=O)NCC#N)Cc2ccc(OCCN)c(c2)-c2cc1ccc2OCCN. The minimum Gasteiger partial charge on any atom is -0.492 e. The molecule has 5 amide bonds. The van der Waals surface area contributed by atoms with Crippen molar-refractivity contribution in [3.05, 3.63) is 94.8 Å². The van der Waals surface area contributed by atoms with Crippen molar-refractivity contribution < 1.29 is 33.4 Å². The van der Waals surface area contributed by atoms with Gasteiger partial charge in [-0.25, -0.2) is 9.97 Å². The maximum atomic E-state index is 14.6. The lowest BCUT2D eigenvalue weighted by Gasteiger charge is -2.32. The van der Waals surface area contributed by atoms with Gasteiger partial charge in [0, 0.05) is 49.4 Å². The third kappa shape index (κ3) is 12.6. The highest BCUT2D eigenvalue weighted by Crippen LogP contribution is 2.40. The molecule has 18 heteroatoms. The first-order chi connectivity index (χ1) is 31.2. The van der Waals surface area contributed by atoms with Crippen LogP contribution in [0.4, 0.5) is 0 Å². The lowest BCUT2D eigenvalue weighted by atomic mass is 9.93. The number of nitrogens with two attached hydrogens (primary N) is 3. The second kappa shape index (κ2) is 23.1. The Balaban J connectivity index is 1.55. The summed E-state index contributed by atoms with van der Waals surface area (Å²) in [5.41, 5.74) is 22.0. The molecular formula is C47H59N11O7. The van der Waals surface area contributed by atoms with E-state index in [4.69, 9.17) is 31.9 Å². The van der Waals surface area contributed by atoms with E-state index in [-0.39, 0.29) is 57.8 Å². The summed E-state index contributed by atoms with van der Waals surface area (Å²) in [7, 11) is 1.41. The number of fused-ring (bicyclic) bond motifs is 5. The predicted octanol–water partition coefficient (Wildman–Crippen LogP) is 1.82. The maximum Gasteiger partial charge on any atom is 0.255 e. The largest absolute Gasteiger partial charge is 0.492 e. The van der Waals surface area contributed by atoms with E-state index in [2.05, 4.69) is 45.1 Å². The van der Waals surface area contributed by atoms with Crippen molar-refractivity contribution in [1.29, 1.82) is 5.26 Å². The Bertz CT molecular complexity index is 2390. The quantitative estimate of drug-likeness (QED) is 0.0747. The summed E-state index contributed by atoms with van der Waals surface area (Å²) < 4.78 is 12.2. The van der Waals surface area contributed by atoms with E-state index in [1.165, 1.54) is 30.6 Å². The molecule has 65 heavy (non-hydrogen) atoms. The first kappa shape index (κ1) is 49.1. The molecule has 10 N–H and O–H groups in total. The van der Waals surface area contributed by atoms with Crippen LogP contribution in [0.25, 0.3) is 22.5 Å². The number of ether oxygens (including phenoxy) is 2. The number of nitriles is 1. The molecule has 0 aliphatic carbocycles. The molecule has 2 heterocycles. The van der Waals surface area contributed by atoms with Gasteiger partial charge in [-0.3, -0.25) is 24.0 Å². The van der Waals surface area contributed by atoms with Crippen molar-refractivity contribution in [2.75, 3.05) is 46.4 Å². The summed E-state index contributed by atoms with van der Waals surface area (Å²) in [6, 6.07) is 15.0. The molecular weight excluding hydrogens is 831 g/mol. The average molecular weight is 890 g/mol. The molecule has 1 aromatic heterocycles. The number of hydrogen-bond acceptors (Lipinski definition) is 13. The average Bonchev–Trinajstić information content (AvgIpc) is 3.28. The molecule has 344 valence electrons. The van der Waals surface area contributed by atoms with Gasteiger partial charge in [-0.05, 0) is 80.1 Å². The number of carbonyl (C=O) groups excluding carboxylic acids is 5. The van der Waals surface area contributed by atoms with Gasteiger partial charge in [-0.2, -0.15) is 5.26 Å². The summed E-state index contributed by atoms with van der Waals surface area (Å²) in [6.07, 6.45) is 2.35. The molecule has 1 aliphatic heterocycles. The van der Waals surface area contributed by atoms with Crippen LogP contribution in [0.2, 0.25) is 0 Å². The van der Waals surface area contributed by atoms with E-state index in [1.807, 2.05) is 30.3 Å². The molecule has 0 unspecified atom stereocenters. The van der Waals surface area contributed by atoms with Gasteiger partial charge >= 0.3 is 0 Å². The molecule has 0 saturated carbocycles. The van der Waals surface area contributed by atoms with Gasteiger partial charge in [0.1, 0.15) is 55.4 Å². The predicted molar refractivity (Wildman–Crippen MR) is 244 cm³/mol. The number of nitrogens with one attached hydrogen (secondary N) is 4. The maximum absolute atomic E-state index is 14.6.